The third-order valence-electron chi connectivity index (χ3n) is 4.52. The molecular formula is C19H22FN5O2. The zero-order valence-electron chi connectivity index (χ0n) is 15.6. The van der Waals surface area contributed by atoms with E-state index in [-0.39, 0.29) is 5.82 Å². The summed E-state index contributed by atoms with van der Waals surface area (Å²) in [7, 11) is 1.60. The molecule has 0 aromatic heterocycles. The molecule has 142 valence electrons. The Morgan fingerprint density at radius 2 is 2.07 bits per heavy atom. The van der Waals surface area contributed by atoms with Crippen LogP contribution in [0.4, 0.5) is 10.1 Å². The van der Waals surface area contributed by atoms with Crippen molar-refractivity contribution in [1.29, 1.82) is 0 Å². The second-order valence-corrected chi connectivity index (χ2v) is 6.60. The normalized spacial score (nSPS) is 18.4. The summed E-state index contributed by atoms with van der Waals surface area (Å²) in [6.07, 6.45) is 4.65. The Hall–Kier alpha value is -2.87. The largest absolute Gasteiger partial charge is 0.494 e. The first-order chi connectivity index (χ1) is 13.1. The predicted octanol–water partition coefficient (Wildman–Crippen LogP) is 3.95. The van der Waals surface area contributed by atoms with E-state index in [0.717, 1.165) is 17.8 Å². The number of hydrogen-bond acceptors (Lipinski definition) is 7. The highest BCUT2D eigenvalue weighted by atomic mass is 19.1. The van der Waals surface area contributed by atoms with Crippen LogP contribution in [0.1, 0.15) is 20.3 Å². The molecule has 1 aromatic carbocycles. The Balaban J connectivity index is 1.75. The lowest BCUT2D eigenvalue weighted by molar-refractivity contribution is -0.0952. The lowest BCUT2D eigenvalue weighted by Crippen LogP contribution is -2.40. The molecule has 27 heavy (non-hydrogen) atoms. The van der Waals surface area contributed by atoms with Crippen LogP contribution in [0.25, 0.3) is 0 Å². The molecule has 1 aromatic rings. The molecule has 7 nitrogen and oxygen atoms in total. The summed E-state index contributed by atoms with van der Waals surface area (Å²) in [5, 5.41) is 10.2. The highest BCUT2D eigenvalue weighted by Crippen LogP contribution is 2.39. The summed E-state index contributed by atoms with van der Waals surface area (Å²) in [6.45, 7) is 5.64. The second kappa shape index (κ2) is 7.03. The Morgan fingerprint density at radius 1 is 1.22 bits per heavy atom. The summed E-state index contributed by atoms with van der Waals surface area (Å²) in [6, 6.07) is 4.85. The minimum absolute atomic E-state index is 0.309. The molecule has 3 heterocycles. The first-order valence-electron chi connectivity index (χ1n) is 8.94. The number of hydrogen-bond donors (Lipinski definition) is 0. The molecule has 0 spiro atoms. The first-order valence-corrected chi connectivity index (χ1v) is 8.94. The lowest BCUT2D eigenvalue weighted by atomic mass is 10.1. The van der Waals surface area contributed by atoms with E-state index in [1.54, 1.807) is 30.5 Å². The van der Waals surface area contributed by atoms with Crippen LogP contribution in [0.2, 0.25) is 0 Å². The molecule has 4 rings (SSSR count). The fourth-order valence-electron chi connectivity index (χ4n) is 3.29. The maximum atomic E-state index is 14.8. The maximum Gasteiger partial charge on any atom is 0.177 e. The number of ether oxygens (including phenoxy) is 1. The van der Waals surface area contributed by atoms with Gasteiger partial charge in [-0.05, 0) is 31.6 Å². The molecule has 3 aliphatic heterocycles. The van der Waals surface area contributed by atoms with Crippen LogP contribution in [0.5, 0.6) is 5.75 Å². The van der Waals surface area contributed by atoms with Gasteiger partial charge in [0.15, 0.2) is 5.82 Å². The summed E-state index contributed by atoms with van der Waals surface area (Å²) in [5.74, 6) is 1.78. The third kappa shape index (κ3) is 3.16. The van der Waals surface area contributed by atoms with Crippen molar-refractivity contribution < 1.29 is 14.0 Å². The number of benzene rings is 1. The van der Waals surface area contributed by atoms with E-state index in [4.69, 9.17) is 9.57 Å². The minimum atomic E-state index is -0.309. The Morgan fingerprint density at radius 3 is 2.85 bits per heavy atom. The van der Waals surface area contributed by atoms with Crippen molar-refractivity contribution in [3.8, 4) is 5.75 Å². The number of nitrogens with zero attached hydrogens (tertiary/aromatic N) is 5. The molecule has 0 N–H and O–H groups in total. The molecule has 0 amide bonds. The van der Waals surface area contributed by atoms with Gasteiger partial charge in [-0.25, -0.2) is 9.45 Å². The third-order valence-corrected chi connectivity index (χ3v) is 4.52. The molecule has 0 saturated carbocycles. The molecule has 8 heteroatoms. The van der Waals surface area contributed by atoms with E-state index in [1.807, 2.05) is 29.7 Å². The highest BCUT2D eigenvalue weighted by molar-refractivity contribution is 5.61. The van der Waals surface area contributed by atoms with Crippen molar-refractivity contribution in [1.82, 2.24) is 9.96 Å². The topological polar surface area (TPSA) is 52.9 Å². The van der Waals surface area contributed by atoms with E-state index in [0.29, 0.717) is 42.8 Å². The van der Waals surface area contributed by atoms with Gasteiger partial charge in [-0.2, -0.15) is 0 Å². The van der Waals surface area contributed by atoms with Crippen molar-refractivity contribution in [2.75, 3.05) is 31.8 Å². The van der Waals surface area contributed by atoms with Crippen LogP contribution in [0, 0.1) is 5.82 Å². The lowest BCUT2D eigenvalue weighted by Gasteiger charge is -2.38. The van der Waals surface area contributed by atoms with E-state index in [9.17, 15) is 4.39 Å². The fourth-order valence-corrected chi connectivity index (χ4v) is 3.29. The molecular weight excluding hydrogens is 349 g/mol. The monoisotopic (exact) mass is 371 g/mol. The van der Waals surface area contributed by atoms with Gasteiger partial charge in [-0.15, -0.1) is 10.2 Å². The Labute approximate surface area is 157 Å². The van der Waals surface area contributed by atoms with Crippen molar-refractivity contribution in [3.05, 3.63) is 59.2 Å². The number of allylic oxidation sites excluding steroid dienone is 1. The van der Waals surface area contributed by atoms with Crippen molar-refractivity contribution in [2.45, 2.75) is 20.3 Å². The van der Waals surface area contributed by atoms with Gasteiger partial charge in [-0.1, -0.05) is 12.5 Å². The Kier molecular flexibility index (Phi) is 4.57. The van der Waals surface area contributed by atoms with Gasteiger partial charge in [0.2, 0.25) is 0 Å². The van der Waals surface area contributed by atoms with Gasteiger partial charge in [0.05, 0.1) is 25.6 Å². The number of anilines is 1. The number of azo groups is 1. The van der Waals surface area contributed by atoms with Gasteiger partial charge in [0, 0.05) is 12.6 Å². The average molecular weight is 371 g/mol. The second-order valence-electron chi connectivity index (χ2n) is 6.60. The van der Waals surface area contributed by atoms with Crippen LogP contribution in [-0.2, 0) is 4.84 Å². The molecule has 0 radical (unpaired) electrons. The van der Waals surface area contributed by atoms with Gasteiger partial charge in [0.1, 0.15) is 29.8 Å². The van der Waals surface area contributed by atoms with Crippen LogP contribution < -0.4 is 9.64 Å². The van der Waals surface area contributed by atoms with Gasteiger partial charge >= 0.3 is 0 Å². The summed E-state index contributed by atoms with van der Waals surface area (Å²) in [5.41, 5.74) is 2.23. The van der Waals surface area contributed by atoms with Crippen LogP contribution in [0.3, 0.4) is 0 Å². The van der Waals surface area contributed by atoms with Crippen molar-refractivity contribution in [2.24, 2.45) is 10.2 Å². The quantitative estimate of drug-likeness (QED) is 0.784. The number of fused-ring (bicyclic) bond motifs is 2. The Bertz CT molecular complexity index is 877. The van der Waals surface area contributed by atoms with Crippen LogP contribution >= 0.6 is 0 Å². The number of hydroxylamine groups is 2. The van der Waals surface area contributed by atoms with E-state index in [2.05, 4.69) is 10.2 Å². The standard InChI is InChI=1S/C19H22FN5O2/c1-4-7-27-14-5-6-15(20)17(9-14)24-10-13(2)8-16-19(24)25-12-23(26-3)11-18(25)22-21-16/h5-6,8-9,11H,4,7,10,12H2,1-3H3. The summed E-state index contributed by atoms with van der Waals surface area (Å²) < 4.78 is 20.5. The van der Waals surface area contributed by atoms with Crippen molar-refractivity contribution in [3.63, 3.8) is 0 Å². The van der Waals surface area contributed by atoms with Crippen molar-refractivity contribution >= 4 is 5.69 Å². The predicted molar refractivity (Wildman–Crippen MR) is 98.8 cm³/mol. The average Bonchev–Trinajstić information content (AvgIpc) is 3.10. The SMILES string of the molecule is CCCOc1ccc(F)c(N2CC(C)=CC3=C2N2CN(OC)C=C2N=N3)c1. The van der Waals surface area contributed by atoms with E-state index >= 15 is 0 Å². The van der Waals surface area contributed by atoms with Gasteiger partial charge < -0.3 is 9.64 Å². The van der Waals surface area contributed by atoms with Gasteiger partial charge in [-0.3, -0.25) is 9.74 Å². The first kappa shape index (κ1) is 17.5. The molecule has 0 aliphatic carbocycles. The van der Waals surface area contributed by atoms with E-state index < -0.39 is 0 Å². The minimum Gasteiger partial charge on any atom is -0.494 e. The zero-order valence-corrected chi connectivity index (χ0v) is 15.6. The highest BCUT2D eigenvalue weighted by Gasteiger charge is 2.36. The summed E-state index contributed by atoms with van der Waals surface area (Å²) >= 11 is 0. The van der Waals surface area contributed by atoms with Crippen LogP contribution in [-0.4, -0.2) is 36.9 Å². The maximum absolute atomic E-state index is 14.8. The molecule has 0 bridgehead atoms. The molecule has 0 atom stereocenters. The van der Waals surface area contributed by atoms with Gasteiger partial charge in [0.25, 0.3) is 0 Å². The molecule has 0 fully saturated rings. The smallest absolute Gasteiger partial charge is 0.177 e. The van der Waals surface area contributed by atoms with Crippen LogP contribution in [0.15, 0.2) is 63.6 Å². The van der Waals surface area contributed by atoms with E-state index in [1.165, 1.54) is 6.07 Å². The molecule has 0 saturated heterocycles. The number of halogens is 1. The molecule has 0 unspecified atom stereocenters. The number of rotatable bonds is 5. The zero-order chi connectivity index (χ0) is 19.0. The summed E-state index contributed by atoms with van der Waals surface area (Å²) in [4.78, 5) is 9.18. The fraction of sp³-hybridized carbons (Fsp3) is 0.368. The molecule has 3 aliphatic rings.